The van der Waals surface area contributed by atoms with Gasteiger partial charge in [0, 0.05) is 16.7 Å². The average Bonchev–Trinajstić information content (AvgIpc) is 2.90. The Morgan fingerprint density at radius 2 is 1.88 bits per heavy atom. The van der Waals surface area contributed by atoms with Gasteiger partial charge in [0.2, 0.25) is 11.8 Å². The third-order valence-electron chi connectivity index (χ3n) is 3.61. The van der Waals surface area contributed by atoms with Crippen molar-refractivity contribution in [2.45, 2.75) is 25.8 Å². The predicted octanol–water partition coefficient (Wildman–Crippen LogP) is 2.80. The zero-order valence-electron chi connectivity index (χ0n) is 9.19. The van der Waals surface area contributed by atoms with Crippen molar-refractivity contribution in [3.8, 4) is 0 Å². The maximum atomic E-state index is 12.1. The molecule has 0 radical (unpaired) electrons. The second-order valence-electron chi connectivity index (χ2n) is 4.68. The maximum Gasteiger partial charge on any atom is 0.232 e. The van der Waals surface area contributed by atoms with E-state index in [1.807, 2.05) is 12.1 Å². The fraction of sp³-hybridized carbons (Fsp3) is 0.500. The Labute approximate surface area is 112 Å². The summed E-state index contributed by atoms with van der Waals surface area (Å²) in [6.07, 6.45) is 2.56. The lowest BCUT2D eigenvalue weighted by Gasteiger charge is -2.29. The van der Waals surface area contributed by atoms with Crippen LogP contribution in [-0.4, -0.2) is 16.7 Å². The number of imide groups is 1. The van der Waals surface area contributed by atoms with Crippen LogP contribution in [0, 0.1) is 11.8 Å². The van der Waals surface area contributed by atoms with Crippen molar-refractivity contribution in [1.29, 1.82) is 0 Å². The zero-order chi connectivity index (χ0) is 12.0. The molecule has 2 aliphatic rings. The molecule has 17 heavy (non-hydrogen) atoms. The van der Waals surface area contributed by atoms with Crippen LogP contribution in [0.15, 0.2) is 15.9 Å². The topological polar surface area (TPSA) is 37.4 Å². The van der Waals surface area contributed by atoms with Gasteiger partial charge in [-0.15, -0.1) is 11.3 Å². The first-order valence-corrected chi connectivity index (χ1v) is 7.35. The first-order valence-electron chi connectivity index (χ1n) is 5.74. The van der Waals surface area contributed by atoms with Crippen LogP contribution in [0.5, 0.6) is 0 Å². The number of piperidine rings is 1. The molecule has 1 saturated carbocycles. The van der Waals surface area contributed by atoms with Gasteiger partial charge in [-0.25, -0.2) is 0 Å². The van der Waals surface area contributed by atoms with Crippen LogP contribution in [0.2, 0.25) is 0 Å². The summed E-state index contributed by atoms with van der Waals surface area (Å²) in [7, 11) is 0. The summed E-state index contributed by atoms with van der Waals surface area (Å²) < 4.78 is 1.03. The molecule has 1 aromatic rings. The summed E-state index contributed by atoms with van der Waals surface area (Å²) in [5, 5.41) is 0. The fourth-order valence-electron chi connectivity index (χ4n) is 2.73. The number of carbonyl (C=O) groups is 2. The lowest BCUT2D eigenvalue weighted by Crippen LogP contribution is -2.45. The highest BCUT2D eigenvalue weighted by molar-refractivity contribution is 9.11. The first kappa shape index (κ1) is 11.4. The minimum Gasteiger partial charge on any atom is -0.277 e. The minimum absolute atomic E-state index is 0.0354. The van der Waals surface area contributed by atoms with Gasteiger partial charge in [0.25, 0.3) is 0 Å². The predicted molar refractivity (Wildman–Crippen MR) is 68.4 cm³/mol. The zero-order valence-corrected chi connectivity index (χ0v) is 11.6. The van der Waals surface area contributed by atoms with Gasteiger partial charge in [-0.2, -0.15) is 0 Å². The van der Waals surface area contributed by atoms with Gasteiger partial charge in [0.15, 0.2) is 0 Å². The molecule has 1 aliphatic heterocycles. The molecule has 5 heteroatoms. The van der Waals surface area contributed by atoms with E-state index in [-0.39, 0.29) is 23.7 Å². The number of rotatable bonds is 2. The Morgan fingerprint density at radius 3 is 2.41 bits per heavy atom. The maximum absolute atomic E-state index is 12.1. The van der Waals surface area contributed by atoms with Crippen LogP contribution in [-0.2, 0) is 16.1 Å². The van der Waals surface area contributed by atoms with E-state index in [2.05, 4.69) is 15.9 Å². The Hall–Kier alpha value is -0.680. The Kier molecular flexibility index (Phi) is 2.83. The molecule has 0 N–H and O–H groups in total. The molecule has 2 bridgehead atoms. The van der Waals surface area contributed by atoms with Gasteiger partial charge in [0.05, 0.1) is 10.3 Å². The summed E-state index contributed by atoms with van der Waals surface area (Å²) in [6, 6.07) is 3.92. The summed E-state index contributed by atoms with van der Waals surface area (Å²) in [6.45, 7) is 0.445. The fourth-order valence-corrected chi connectivity index (χ4v) is 4.20. The summed E-state index contributed by atoms with van der Waals surface area (Å²) in [5.74, 6) is 0.267. The minimum atomic E-state index is 0.0354. The molecule has 3 nitrogen and oxygen atoms in total. The lowest BCUT2D eigenvalue weighted by atomic mass is 9.97. The van der Waals surface area contributed by atoms with Crippen molar-refractivity contribution in [3.05, 3.63) is 20.8 Å². The molecule has 3 rings (SSSR count). The van der Waals surface area contributed by atoms with Crippen LogP contribution in [0.3, 0.4) is 0 Å². The van der Waals surface area contributed by atoms with Gasteiger partial charge >= 0.3 is 0 Å². The second kappa shape index (κ2) is 4.21. The number of halogens is 1. The molecular formula is C12H12BrNO2S. The van der Waals surface area contributed by atoms with E-state index in [9.17, 15) is 9.59 Å². The molecule has 2 heterocycles. The van der Waals surface area contributed by atoms with Crippen LogP contribution in [0.4, 0.5) is 0 Å². The van der Waals surface area contributed by atoms with E-state index < -0.39 is 0 Å². The van der Waals surface area contributed by atoms with Crippen LogP contribution in [0.1, 0.15) is 24.1 Å². The normalized spacial score (nSPS) is 27.9. The average molecular weight is 314 g/mol. The summed E-state index contributed by atoms with van der Waals surface area (Å²) in [4.78, 5) is 26.7. The van der Waals surface area contributed by atoms with Crippen molar-refractivity contribution in [2.24, 2.45) is 11.8 Å². The third-order valence-corrected chi connectivity index (χ3v) is 5.21. The van der Waals surface area contributed by atoms with E-state index in [4.69, 9.17) is 0 Å². The number of carbonyl (C=O) groups excluding carboxylic acids is 2. The van der Waals surface area contributed by atoms with Crippen LogP contribution < -0.4 is 0 Å². The van der Waals surface area contributed by atoms with E-state index in [0.717, 1.165) is 27.9 Å². The highest BCUT2D eigenvalue weighted by atomic mass is 79.9. The van der Waals surface area contributed by atoms with Crippen molar-refractivity contribution >= 4 is 39.1 Å². The van der Waals surface area contributed by atoms with E-state index in [1.54, 1.807) is 11.3 Å². The third kappa shape index (κ3) is 1.95. The number of hydrogen-bond acceptors (Lipinski definition) is 3. The van der Waals surface area contributed by atoms with Crippen molar-refractivity contribution in [3.63, 3.8) is 0 Å². The molecular weight excluding hydrogens is 302 g/mol. The van der Waals surface area contributed by atoms with E-state index >= 15 is 0 Å². The molecule has 2 fully saturated rings. The molecule has 2 amide bonds. The number of likely N-dealkylation sites (tertiary alicyclic amines) is 1. The molecule has 2 atom stereocenters. The van der Waals surface area contributed by atoms with Gasteiger partial charge in [-0.05, 0) is 47.3 Å². The van der Waals surface area contributed by atoms with Gasteiger partial charge in [-0.1, -0.05) is 0 Å². The second-order valence-corrected chi connectivity index (χ2v) is 7.22. The summed E-state index contributed by atoms with van der Waals surface area (Å²) >= 11 is 4.97. The molecule has 90 valence electrons. The van der Waals surface area contributed by atoms with Crippen molar-refractivity contribution in [2.75, 3.05) is 0 Å². The SMILES string of the molecule is O=C1C2CCC(C2)C(=O)N1Cc1ccc(Br)s1. The first-order chi connectivity index (χ1) is 8.15. The molecule has 1 saturated heterocycles. The standard InChI is InChI=1S/C12H12BrNO2S/c13-10-4-3-9(17-10)6-14-11(15)7-1-2-8(5-7)12(14)16/h3-4,7-8H,1-2,5-6H2. The Bertz CT molecular complexity index is 463. The Morgan fingerprint density at radius 1 is 1.24 bits per heavy atom. The van der Waals surface area contributed by atoms with Crippen molar-refractivity contribution < 1.29 is 9.59 Å². The van der Waals surface area contributed by atoms with Gasteiger partial charge in [-0.3, -0.25) is 14.5 Å². The Balaban J connectivity index is 1.82. The number of thiophene rings is 1. The number of amides is 2. The summed E-state index contributed by atoms with van der Waals surface area (Å²) in [5.41, 5.74) is 0. The monoisotopic (exact) mass is 313 g/mol. The smallest absolute Gasteiger partial charge is 0.232 e. The lowest BCUT2D eigenvalue weighted by molar-refractivity contribution is -0.153. The number of fused-ring (bicyclic) bond motifs is 2. The van der Waals surface area contributed by atoms with Crippen LogP contribution in [0.25, 0.3) is 0 Å². The molecule has 1 aliphatic carbocycles. The largest absolute Gasteiger partial charge is 0.277 e. The molecule has 0 aromatic carbocycles. The highest BCUT2D eigenvalue weighted by Gasteiger charge is 2.45. The quantitative estimate of drug-likeness (QED) is 0.787. The van der Waals surface area contributed by atoms with Gasteiger partial charge < -0.3 is 0 Å². The van der Waals surface area contributed by atoms with Crippen LogP contribution >= 0.6 is 27.3 Å². The van der Waals surface area contributed by atoms with E-state index in [0.29, 0.717) is 6.54 Å². The highest BCUT2D eigenvalue weighted by Crippen LogP contribution is 2.39. The molecule has 1 aromatic heterocycles. The van der Waals surface area contributed by atoms with E-state index in [1.165, 1.54) is 4.90 Å². The van der Waals surface area contributed by atoms with Crippen molar-refractivity contribution in [1.82, 2.24) is 4.90 Å². The molecule has 2 unspecified atom stereocenters. The number of nitrogens with zero attached hydrogens (tertiary/aromatic N) is 1. The van der Waals surface area contributed by atoms with Gasteiger partial charge in [0.1, 0.15) is 0 Å². The number of hydrogen-bond donors (Lipinski definition) is 0. The molecule has 0 spiro atoms.